The third kappa shape index (κ3) is 2.36. The van der Waals surface area contributed by atoms with Gasteiger partial charge in [-0.05, 0) is 18.6 Å². The fourth-order valence-electron chi connectivity index (χ4n) is 1.08. The Balaban J connectivity index is 2.74. The van der Waals surface area contributed by atoms with Crippen LogP contribution >= 0.6 is 11.3 Å². The van der Waals surface area contributed by atoms with Gasteiger partial charge in [0.2, 0.25) is 0 Å². The van der Waals surface area contributed by atoms with Gasteiger partial charge < -0.3 is 4.90 Å². The van der Waals surface area contributed by atoms with Crippen molar-refractivity contribution < 1.29 is 4.79 Å². The van der Waals surface area contributed by atoms with E-state index < -0.39 is 0 Å². The Kier molecular flexibility index (Phi) is 3.73. The molecule has 0 aliphatic heterocycles. The number of aryl methyl sites for hydroxylation is 1. The zero-order valence-corrected chi connectivity index (χ0v) is 9.23. The van der Waals surface area contributed by atoms with Crippen LogP contribution in [-0.4, -0.2) is 24.4 Å². The Morgan fingerprint density at radius 1 is 1.64 bits per heavy atom. The number of thiophene rings is 1. The number of hydrogen-bond donors (Lipinski definition) is 0. The minimum absolute atomic E-state index is 0.00708. The second-order valence-electron chi connectivity index (χ2n) is 2.98. The highest BCUT2D eigenvalue weighted by Crippen LogP contribution is 2.18. The van der Waals surface area contributed by atoms with E-state index in [1.807, 2.05) is 12.1 Å². The molecule has 0 aromatic carbocycles. The van der Waals surface area contributed by atoms with Gasteiger partial charge in [-0.1, -0.05) is 12.8 Å². The molecule has 0 bridgehead atoms. The normalized spacial score (nSPS) is 9.50. The first kappa shape index (κ1) is 10.8. The Bertz CT molecular complexity index is 362. The Labute approximate surface area is 88.5 Å². The molecule has 0 saturated carbocycles. The van der Waals surface area contributed by atoms with Gasteiger partial charge in [-0.2, -0.15) is 0 Å². The fourth-order valence-corrected chi connectivity index (χ4v) is 2.02. The lowest BCUT2D eigenvalue weighted by Crippen LogP contribution is -2.26. The lowest BCUT2D eigenvalue weighted by atomic mass is 10.3. The number of nitrogens with zero attached hydrogens (tertiary/aromatic N) is 1. The predicted octanol–water partition coefficient (Wildman–Crippen LogP) is 2.02. The summed E-state index contributed by atoms with van der Waals surface area (Å²) in [5, 5.41) is 0. The Hall–Kier alpha value is -1.27. The van der Waals surface area contributed by atoms with Gasteiger partial charge in [0.25, 0.3) is 5.91 Å². The van der Waals surface area contributed by atoms with Crippen LogP contribution in [0.15, 0.2) is 12.1 Å². The minimum atomic E-state index is 0.00708. The molecule has 0 radical (unpaired) electrons. The van der Waals surface area contributed by atoms with Crippen LogP contribution < -0.4 is 0 Å². The van der Waals surface area contributed by atoms with Gasteiger partial charge in [0.05, 0.1) is 11.4 Å². The van der Waals surface area contributed by atoms with Crippen molar-refractivity contribution in [3.05, 3.63) is 21.9 Å². The SMILES string of the molecule is C#CCN(C)C(=O)c1ccc(CC)s1. The molecule has 0 unspecified atom stereocenters. The highest BCUT2D eigenvalue weighted by atomic mass is 32.1. The number of terminal acetylenes is 1. The number of carbonyl (C=O) groups excluding carboxylic acids is 1. The molecule has 14 heavy (non-hydrogen) atoms. The molecular weight excluding hydrogens is 194 g/mol. The van der Waals surface area contributed by atoms with E-state index in [1.54, 1.807) is 11.9 Å². The first-order valence-corrected chi connectivity index (χ1v) is 5.28. The second kappa shape index (κ2) is 4.83. The van der Waals surface area contributed by atoms with Crippen LogP contribution in [-0.2, 0) is 6.42 Å². The zero-order valence-electron chi connectivity index (χ0n) is 8.41. The van der Waals surface area contributed by atoms with E-state index in [0.717, 1.165) is 11.3 Å². The second-order valence-corrected chi connectivity index (χ2v) is 4.15. The molecule has 1 aromatic rings. The van der Waals surface area contributed by atoms with Gasteiger partial charge in [0.15, 0.2) is 0 Å². The molecule has 0 N–H and O–H groups in total. The van der Waals surface area contributed by atoms with Crippen molar-refractivity contribution in [3.8, 4) is 12.3 Å². The van der Waals surface area contributed by atoms with Crippen molar-refractivity contribution in [1.82, 2.24) is 4.90 Å². The topological polar surface area (TPSA) is 20.3 Å². The maximum atomic E-state index is 11.7. The monoisotopic (exact) mass is 207 g/mol. The highest BCUT2D eigenvalue weighted by Gasteiger charge is 2.12. The van der Waals surface area contributed by atoms with Crippen molar-refractivity contribution in [2.75, 3.05) is 13.6 Å². The summed E-state index contributed by atoms with van der Waals surface area (Å²) in [7, 11) is 1.72. The molecule has 0 fully saturated rings. The third-order valence-corrected chi connectivity index (χ3v) is 3.11. The summed E-state index contributed by atoms with van der Waals surface area (Å²) in [5.74, 6) is 2.46. The minimum Gasteiger partial charge on any atom is -0.330 e. The molecule has 0 aliphatic carbocycles. The van der Waals surface area contributed by atoms with E-state index in [-0.39, 0.29) is 5.91 Å². The molecule has 0 aliphatic rings. The van der Waals surface area contributed by atoms with Crippen LogP contribution in [0.2, 0.25) is 0 Å². The molecule has 1 amide bonds. The number of carbonyl (C=O) groups is 1. The van der Waals surface area contributed by atoms with Gasteiger partial charge >= 0.3 is 0 Å². The summed E-state index contributed by atoms with van der Waals surface area (Å²) in [6.07, 6.45) is 6.11. The zero-order chi connectivity index (χ0) is 10.6. The molecule has 2 nitrogen and oxygen atoms in total. The number of amides is 1. The molecule has 1 heterocycles. The Morgan fingerprint density at radius 2 is 2.36 bits per heavy atom. The number of hydrogen-bond acceptors (Lipinski definition) is 2. The molecule has 1 rings (SSSR count). The molecule has 0 atom stereocenters. The molecule has 0 saturated heterocycles. The molecule has 74 valence electrons. The largest absolute Gasteiger partial charge is 0.330 e. The van der Waals surface area contributed by atoms with E-state index in [9.17, 15) is 4.79 Å². The summed E-state index contributed by atoms with van der Waals surface area (Å²) >= 11 is 1.54. The van der Waals surface area contributed by atoms with E-state index in [1.165, 1.54) is 16.2 Å². The van der Waals surface area contributed by atoms with Gasteiger partial charge in [-0.15, -0.1) is 17.8 Å². The molecule has 3 heteroatoms. The Morgan fingerprint density at radius 3 is 2.86 bits per heavy atom. The van der Waals surface area contributed by atoms with E-state index in [4.69, 9.17) is 6.42 Å². The van der Waals surface area contributed by atoms with Crippen molar-refractivity contribution in [3.63, 3.8) is 0 Å². The lowest BCUT2D eigenvalue weighted by Gasteiger charge is -2.11. The summed E-state index contributed by atoms with van der Waals surface area (Å²) < 4.78 is 0. The summed E-state index contributed by atoms with van der Waals surface area (Å²) in [4.78, 5) is 15.2. The summed E-state index contributed by atoms with van der Waals surface area (Å²) in [6, 6.07) is 3.85. The standard InChI is InChI=1S/C11H13NOS/c1-4-8-12(3)11(13)10-7-6-9(5-2)14-10/h1,6-7H,5,8H2,2-3H3. The molecule has 1 aromatic heterocycles. The highest BCUT2D eigenvalue weighted by molar-refractivity contribution is 7.14. The summed E-state index contributed by atoms with van der Waals surface area (Å²) in [6.45, 7) is 2.43. The van der Waals surface area contributed by atoms with Crippen LogP contribution in [0.5, 0.6) is 0 Å². The van der Waals surface area contributed by atoms with Gasteiger partial charge in [-0.3, -0.25) is 4.79 Å². The van der Waals surface area contributed by atoms with Crippen LogP contribution in [0, 0.1) is 12.3 Å². The third-order valence-electron chi connectivity index (χ3n) is 1.90. The van der Waals surface area contributed by atoms with Crippen molar-refractivity contribution in [2.24, 2.45) is 0 Å². The molecule has 0 spiro atoms. The van der Waals surface area contributed by atoms with Crippen LogP contribution in [0.4, 0.5) is 0 Å². The average Bonchev–Trinajstić information content (AvgIpc) is 2.65. The van der Waals surface area contributed by atoms with E-state index >= 15 is 0 Å². The maximum Gasteiger partial charge on any atom is 0.264 e. The van der Waals surface area contributed by atoms with Gasteiger partial charge in [-0.25, -0.2) is 0 Å². The smallest absolute Gasteiger partial charge is 0.264 e. The molecular formula is C11H13NOS. The van der Waals surface area contributed by atoms with Crippen LogP contribution in [0.25, 0.3) is 0 Å². The van der Waals surface area contributed by atoms with E-state index in [2.05, 4.69) is 12.8 Å². The lowest BCUT2D eigenvalue weighted by molar-refractivity contribution is 0.0817. The quantitative estimate of drug-likeness (QED) is 0.694. The predicted molar refractivity (Wildman–Crippen MR) is 59.5 cm³/mol. The van der Waals surface area contributed by atoms with Crippen LogP contribution in [0.3, 0.4) is 0 Å². The fraction of sp³-hybridized carbons (Fsp3) is 0.364. The number of rotatable bonds is 3. The average molecular weight is 207 g/mol. The van der Waals surface area contributed by atoms with Crippen molar-refractivity contribution in [2.45, 2.75) is 13.3 Å². The van der Waals surface area contributed by atoms with Crippen molar-refractivity contribution in [1.29, 1.82) is 0 Å². The van der Waals surface area contributed by atoms with Crippen LogP contribution in [0.1, 0.15) is 21.5 Å². The first-order chi connectivity index (χ1) is 6.69. The van der Waals surface area contributed by atoms with Crippen molar-refractivity contribution >= 4 is 17.2 Å². The first-order valence-electron chi connectivity index (χ1n) is 4.46. The maximum absolute atomic E-state index is 11.7. The van der Waals surface area contributed by atoms with E-state index in [0.29, 0.717) is 6.54 Å². The van der Waals surface area contributed by atoms with Gasteiger partial charge in [0, 0.05) is 11.9 Å². The van der Waals surface area contributed by atoms with Gasteiger partial charge in [0.1, 0.15) is 0 Å². The summed E-state index contributed by atoms with van der Waals surface area (Å²) in [5.41, 5.74) is 0.